The molecule has 0 aliphatic rings. The van der Waals surface area contributed by atoms with Crippen molar-refractivity contribution in [3.05, 3.63) is 75.3 Å². The van der Waals surface area contributed by atoms with Crippen LogP contribution in [0.15, 0.2) is 48.5 Å². The number of ether oxygens (including phenoxy) is 1. The van der Waals surface area contributed by atoms with Gasteiger partial charge in [-0.1, -0.05) is 18.2 Å². The first-order valence-corrected chi connectivity index (χ1v) is 6.47. The summed E-state index contributed by atoms with van der Waals surface area (Å²) in [6.07, 6.45) is 0.0106. The fourth-order valence-corrected chi connectivity index (χ4v) is 1.87. The number of esters is 1. The fraction of sp³-hybridized carbons (Fsp3) is 0.125. The van der Waals surface area contributed by atoms with E-state index in [0.29, 0.717) is 16.7 Å². The second kappa shape index (κ2) is 6.99. The molecule has 110 valence electrons. The van der Waals surface area contributed by atoms with E-state index in [4.69, 9.17) is 10.00 Å². The summed E-state index contributed by atoms with van der Waals surface area (Å²) in [4.78, 5) is 21.8. The Morgan fingerprint density at radius 3 is 2.50 bits per heavy atom. The number of nitriles is 1. The van der Waals surface area contributed by atoms with Crippen molar-refractivity contribution in [3.8, 4) is 6.07 Å². The molecule has 0 heterocycles. The summed E-state index contributed by atoms with van der Waals surface area (Å²) in [7, 11) is 0. The van der Waals surface area contributed by atoms with E-state index >= 15 is 0 Å². The Hall–Kier alpha value is -3.20. The van der Waals surface area contributed by atoms with Crippen LogP contribution in [0.3, 0.4) is 0 Å². The normalized spacial score (nSPS) is 9.77. The molecule has 6 nitrogen and oxygen atoms in total. The zero-order valence-corrected chi connectivity index (χ0v) is 11.6. The highest BCUT2D eigenvalue weighted by molar-refractivity contribution is 5.73. The molecule has 22 heavy (non-hydrogen) atoms. The van der Waals surface area contributed by atoms with Gasteiger partial charge in [0.1, 0.15) is 6.61 Å². The van der Waals surface area contributed by atoms with Gasteiger partial charge >= 0.3 is 5.97 Å². The number of nitro benzene ring substituents is 1. The molecule has 0 aromatic heterocycles. The molecule has 0 fully saturated rings. The summed E-state index contributed by atoms with van der Waals surface area (Å²) in [5, 5.41) is 19.5. The van der Waals surface area contributed by atoms with Gasteiger partial charge in [-0.05, 0) is 29.3 Å². The molecule has 0 aliphatic carbocycles. The van der Waals surface area contributed by atoms with E-state index in [9.17, 15) is 14.9 Å². The van der Waals surface area contributed by atoms with Crippen molar-refractivity contribution in [1.29, 1.82) is 5.26 Å². The minimum absolute atomic E-state index is 0.0106. The van der Waals surface area contributed by atoms with Gasteiger partial charge in [0.25, 0.3) is 5.69 Å². The van der Waals surface area contributed by atoms with E-state index in [0.717, 1.165) is 0 Å². The third-order valence-electron chi connectivity index (χ3n) is 3.02. The SMILES string of the molecule is N#Cc1ccccc1CC(=O)OCc1ccc([N+](=O)[O-])cc1. The van der Waals surface area contributed by atoms with Crippen molar-refractivity contribution in [3.63, 3.8) is 0 Å². The number of nitro groups is 1. The zero-order valence-electron chi connectivity index (χ0n) is 11.6. The highest BCUT2D eigenvalue weighted by Gasteiger charge is 2.10. The second-order valence-electron chi connectivity index (χ2n) is 4.53. The summed E-state index contributed by atoms with van der Waals surface area (Å²) in [5.74, 6) is -0.457. The van der Waals surface area contributed by atoms with Crippen molar-refractivity contribution in [2.24, 2.45) is 0 Å². The minimum atomic E-state index is -0.491. The van der Waals surface area contributed by atoms with Crippen LogP contribution in [0.1, 0.15) is 16.7 Å². The van der Waals surface area contributed by atoms with E-state index in [1.807, 2.05) is 6.07 Å². The van der Waals surface area contributed by atoms with Crippen LogP contribution >= 0.6 is 0 Å². The standard InChI is InChI=1S/C16H12N2O4/c17-10-14-4-2-1-3-13(14)9-16(19)22-11-12-5-7-15(8-6-12)18(20)21/h1-8H,9,11H2. The third-order valence-corrected chi connectivity index (χ3v) is 3.02. The van der Waals surface area contributed by atoms with E-state index < -0.39 is 10.9 Å². The quantitative estimate of drug-likeness (QED) is 0.480. The first-order chi connectivity index (χ1) is 10.6. The molecule has 0 amide bonds. The van der Waals surface area contributed by atoms with Gasteiger partial charge in [0.15, 0.2) is 0 Å². The van der Waals surface area contributed by atoms with Crippen molar-refractivity contribution in [1.82, 2.24) is 0 Å². The largest absolute Gasteiger partial charge is 0.461 e. The van der Waals surface area contributed by atoms with Crippen molar-refractivity contribution >= 4 is 11.7 Å². The third kappa shape index (κ3) is 3.90. The van der Waals surface area contributed by atoms with Crippen LogP contribution in [0, 0.1) is 21.4 Å². The van der Waals surface area contributed by atoms with Crippen LogP contribution < -0.4 is 0 Å². The number of carbonyl (C=O) groups excluding carboxylic acids is 1. The molecular weight excluding hydrogens is 284 g/mol. The maximum absolute atomic E-state index is 11.8. The van der Waals surface area contributed by atoms with Crippen molar-refractivity contribution < 1.29 is 14.5 Å². The first-order valence-electron chi connectivity index (χ1n) is 6.47. The molecule has 0 unspecified atom stereocenters. The molecule has 0 saturated heterocycles. The van der Waals surface area contributed by atoms with E-state index in [1.54, 1.807) is 24.3 Å². The summed E-state index contributed by atoms with van der Waals surface area (Å²) >= 11 is 0. The zero-order chi connectivity index (χ0) is 15.9. The van der Waals surface area contributed by atoms with Crippen molar-refractivity contribution in [2.75, 3.05) is 0 Å². The number of rotatable bonds is 5. The lowest BCUT2D eigenvalue weighted by Crippen LogP contribution is -2.09. The summed E-state index contributed by atoms with van der Waals surface area (Å²) < 4.78 is 5.11. The minimum Gasteiger partial charge on any atom is -0.461 e. The molecule has 2 rings (SSSR count). The number of nitrogens with zero attached hydrogens (tertiary/aromatic N) is 2. The molecular formula is C16H12N2O4. The maximum Gasteiger partial charge on any atom is 0.310 e. The van der Waals surface area contributed by atoms with Gasteiger partial charge in [-0.25, -0.2) is 0 Å². The maximum atomic E-state index is 11.8. The molecule has 0 N–H and O–H groups in total. The lowest BCUT2D eigenvalue weighted by Gasteiger charge is -2.06. The molecule has 0 spiro atoms. The van der Waals surface area contributed by atoms with Gasteiger partial charge in [0, 0.05) is 12.1 Å². The van der Waals surface area contributed by atoms with Gasteiger partial charge in [0.2, 0.25) is 0 Å². The molecule has 6 heteroatoms. The van der Waals surface area contributed by atoms with Gasteiger partial charge in [-0.15, -0.1) is 0 Å². The fourth-order valence-electron chi connectivity index (χ4n) is 1.87. The van der Waals surface area contributed by atoms with Gasteiger partial charge in [-0.2, -0.15) is 5.26 Å². The Bertz CT molecular complexity index is 733. The second-order valence-corrected chi connectivity index (χ2v) is 4.53. The monoisotopic (exact) mass is 296 g/mol. The average Bonchev–Trinajstić information content (AvgIpc) is 2.54. The van der Waals surface area contributed by atoms with Gasteiger partial charge in [-0.3, -0.25) is 14.9 Å². The smallest absolute Gasteiger partial charge is 0.310 e. The van der Waals surface area contributed by atoms with E-state index in [2.05, 4.69) is 0 Å². The van der Waals surface area contributed by atoms with Crippen LogP contribution in [-0.2, 0) is 22.6 Å². The number of non-ortho nitro benzene ring substituents is 1. The number of hydrogen-bond acceptors (Lipinski definition) is 5. The van der Waals surface area contributed by atoms with Crippen LogP contribution in [-0.4, -0.2) is 10.9 Å². The van der Waals surface area contributed by atoms with Crippen molar-refractivity contribution in [2.45, 2.75) is 13.0 Å². The lowest BCUT2D eigenvalue weighted by atomic mass is 10.1. The van der Waals surface area contributed by atoms with Crippen LogP contribution in [0.5, 0.6) is 0 Å². The molecule has 0 radical (unpaired) electrons. The molecule has 0 aliphatic heterocycles. The molecule has 2 aromatic rings. The predicted molar refractivity (Wildman–Crippen MR) is 77.8 cm³/mol. The topological polar surface area (TPSA) is 93.2 Å². The van der Waals surface area contributed by atoms with Crippen LogP contribution in [0.25, 0.3) is 0 Å². The lowest BCUT2D eigenvalue weighted by molar-refractivity contribution is -0.384. The Morgan fingerprint density at radius 2 is 1.86 bits per heavy atom. The van der Waals surface area contributed by atoms with Gasteiger partial charge < -0.3 is 4.74 Å². The van der Waals surface area contributed by atoms with Crippen LogP contribution in [0.4, 0.5) is 5.69 Å². The first kappa shape index (κ1) is 15.2. The van der Waals surface area contributed by atoms with E-state index in [1.165, 1.54) is 24.3 Å². The Labute approximate surface area is 126 Å². The summed E-state index contributed by atoms with van der Waals surface area (Å²) in [6, 6.07) is 14.6. The predicted octanol–water partition coefficient (Wildman–Crippen LogP) is 2.75. The average molecular weight is 296 g/mol. The molecule has 0 saturated carbocycles. The highest BCUT2D eigenvalue weighted by Crippen LogP contribution is 2.13. The molecule has 2 aromatic carbocycles. The Morgan fingerprint density at radius 1 is 1.18 bits per heavy atom. The molecule has 0 atom stereocenters. The summed E-state index contributed by atoms with van der Waals surface area (Å²) in [5.41, 5.74) is 1.69. The number of carbonyl (C=O) groups is 1. The van der Waals surface area contributed by atoms with E-state index in [-0.39, 0.29) is 18.7 Å². The Kier molecular flexibility index (Phi) is 4.83. The highest BCUT2D eigenvalue weighted by atomic mass is 16.6. The number of benzene rings is 2. The van der Waals surface area contributed by atoms with Gasteiger partial charge in [0.05, 0.1) is 23.0 Å². The van der Waals surface area contributed by atoms with Crippen LogP contribution in [0.2, 0.25) is 0 Å². The number of hydrogen-bond donors (Lipinski definition) is 0. The summed E-state index contributed by atoms with van der Waals surface area (Å²) in [6.45, 7) is 0.0333. The Balaban J connectivity index is 1.93. The molecule has 0 bridgehead atoms.